The van der Waals surface area contributed by atoms with Gasteiger partial charge in [0.1, 0.15) is 0 Å². The third-order valence-corrected chi connectivity index (χ3v) is 3.10. The summed E-state index contributed by atoms with van der Waals surface area (Å²) >= 11 is 0. The highest BCUT2D eigenvalue weighted by molar-refractivity contribution is 5.76. The number of urea groups is 1. The molecule has 0 spiro atoms. The van der Waals surface area contributed by atoms with Gasteiger partial charge in [0.05, 0.1) is 6.54 Å². The number of carboxylic acid groups (broad SMARTS) is 1. The van der Waals surface area contributed by atoms with E-state index in [9.17, 15) is 9.59 Å². The highest BCUT2D eigenvalue weighted by Gasteiger charge is 2.21. The Morgan fingerprint density at radius 3 is 2.59 bits per heavy atom. The standard InChI is InChI=1S/C11H20N2O4/c1-7-2-3-8(4-7)5-12-11(17)13-6-9(14)10(15)16/h7-9,14H,2-6H2,1H3,(H,15,16)(H2,12,13,17). The second kappa shape index (κ2) is 6.44. The molecule has 0 radical (unpaired) electrons. The van der Waals surface area contributed by atoms with Crippen molar-refractivity contribution in [1.82, 2.24) is 10.6 Å². The summed E-state index contributed by atoms with van der Waals surface area (Å²) in [6, 6.07) is -0.426. The molecule has 0 aromatic heterocycles. The van der Waals surface area contributed by atoms with Gasteiger partial charge >= 0.3 is 12.0 Å². The van der Waals surface area contributed by atoms with Gasteiger partial charge in [0.25, 0.3) is 0 Å². The molecule has 0 aromatic rings. The maximum atomic E-state index is 11.3. The molecule has 1 aliphatic rings. The summed E-state index contributed by atoms with van der Waals surface area (Å²) in [4.78, 5) is 21.6. The maximum absolute atomic E-state index is 11.3. The van der Waals surface area contributed by atoms with Crippen molar-refractivity contribution in [2.75, 3.05) is 13.1 Å². The number of carboxylic acids is 1. The van der Waals surface area contributed by atoms with Crippen LogP contribution in [-0.4, -0.2) is 41.4 Å². The van der Waals surface area contributed by atoms with Crippen molar-refractivity contribution in [3.05, 3.63) is 0 Å². The van der Waals surface area contributed by atoms with E-state index in [0.29, 0.717) is 12.5 Å². The Morgan fingerprint density at radius 2 is 2.06 bits per heavy atom. The predicted molar refractivity (Wildman–Crippen MR) is 61.5 cm³/mol. The van der Waals surface area contributed by atoms with Crippen LogP contribution in [0, 0.1) is 11.8 Å². The topological polar surface area (TPSA) is 98.7 Å². The number of hydrogen-bond donors (Lipinski definition) is 4. The second-order valence-electron chi connectivity index (χ2n) is 4.73. The first-order valence-corrected chi connectivity index (χ1v) is 5.91. The number of aliphatic carboxylic acids is 1. The second-order valence-corrected chi connectivity index (χ2v) is 4.73. The average molecular weight is 244 g/mol. The van der Waals surface area contributed by atoms with E-state index in [0.717, 1.165) is 18.8 Å². The van der Waals surface area contributed by atoms with Crippen molar-refractivity contribution < 1.29 is 19.8 Å². The summed E-state index contributed by atoms with van der Waals surface area (Å²) in [5, 5.41) is 22.4. The summed E-state index contributed by atoms with van der Waals surface area (Å²) in [5.74, 6) is -0.103. The van der Waals surface area contributed by atoms with Crippen molar-refractivity contribution >= 4 is 12.0 Å². The number of rotatable bonds is 5. The van der Waals surface area contributed by atoms with Crippen LogP contribution >= 0.6 is 0 Å². The van der Waals surface area contributed by atoms with Gasteiger partial charge < -0.3 is 20.8 Å². The van der Waals surface area contributed by atoms with Gasteiger partial charge in [-0.15, -0.1) is 0 Å². The zero-order chi connectivity index (χ0) is 12.8. The van der Waals surface area contributed by atoms with Gasteiger partial charge in [0.2, 0.25) is 0 Å². The minimum absolute atomic E-state index is 0.276. The van der Waals surface area contributed by atoms with Gasteiger partial charge in [-0.2, -0.15) is 0 Å². The van der Waals surface area contributed by atoms with Gasteiger partial charge in [-0.3, -0.25) is 0 Å². The van der Waals surface area contributed by atoms with Crippen molar-refractivity contribution in [3.8, 4) is 0 Å². The van der Waals surface area contributed by atoms with E-state index >= 15 is 0 Å². The lowest BCUT2D eigenvalue weighted by molar-refractivity contribution is -0.146. The summed E-state index contributed by atoms with van der Waals surface area (Å²) < 4.78 is 0. The molecule has 1 rings (SSSR count). The Hall–Kier alpha value is -1.30. The third kappa shape index (κ3) is 5.04. The zero-order valence-electron chi connectivity index (χ0n) is 9.98. The van der Waals surface area contributed by atoms with Crippen molar-refractivity contribution in [2.24, 2.45) is 11.8 Å². The molecule has 98 valence electrons. The highest BCUT2D eigenvalue weighted by atomic mass is 16.4. The molecule has 1 fully saturated rings. The molecule has 1 aliphatic carbocycles. The van der Waals surface area contributed by atoms with Crippen molar-refractivity contribution in [3.63, 3.8) is 0 Å². The molecule has 0 bridgehead atoms. The minimum Gasteiger partial charge on any atom is -0.479 e. The van der Waals surface area contributed by atoms with E-state index in [2.05, 4.69) is 17.6 Å². The molecule has 3 atom stereocenters. The van der Waals surface area contributed by atoms with Crippen LogP contribution in [0.1, 0.15) is 26.2 Å². The molecule has 6 nitrogen and oxygen atoms in total. The minimum atomic E-state index is -1.55. The van der Waals surface area contributed by atoms with Crippen molar-refractivity contribution in [2.45, 2.75) is 32.3 Å². The first-order chi connectivity index (χ1) is 7.99. The normalized spacial score (nSPS) is 25.3. The van der Waals surface area contributed by atoms with Crippen LogP contribution in [0.4, 0.5) is 4.79 Å². The zero-order valence-corrected chi connectivity index (χ0v) is 9.98. The lowest BCUT2D eigenvalue weighted by atomic mass is 10.1. The Kier molecular flexibility index (Phi) is 5.21. The van der Waals surface area contributed by atoms with Gasteiger partial charge in [-0.25, -0.2) is 9.59 Å². The molecule has 0 saturated heterocycles. The molecule has 0 aromatic carbocycles. The lowest BCUT2D eigenvalue weighted by Crippen LogP contribution is -2.43. The van der Waals surface area contributed by atoms with E-state index < -0.39 is 18.1 Å². The SMILES string of the molecule is CC1CCC(CNC(=O)NCC(O)C(=O)O)C1. The molecule has 0 aliphatic heterocycles. The largest absolute Gasteiger partial charge is 0.479 e. The Bertz CT molecular complexity index is 283. The maximum Gasteiger partial charge on any atom is 0.334 e. The Labute approximate surface area is 100 Å². The highest BCUT2D eigenvalue weighted by Crippen LogP contribution is 2.29. The van der Waals surface area contributed by atoms with Crippen molar-refractivity contribution in [1.29, 1.82) is 0 Å². The van der Waals surface area contributed by atoms with Crippen LogP contribution in [0.15, 0.2) is 0 Å². The van der Waals surface area contributed by atoms with E-state index in [1.165, 1.54) is 6.42 Å². The lowest BCUT2D eigenvalue weighted by Gasteiger charge is -2.12. The van der Waals surface area contributed by atoms with Crippen LogP contribution in [0.2, 0.25) is 0 Å². The summed E-state index contributed by atoms with van der Waals surface area (Å²) in [6.45, 7) is 2.53. The van der Waals surface area contributed by atoms with E-state index in [4.69, 9.17) is 10.2 Å². The van der Waals surface area contributed by atoms with E-state index in [1.54, 1.807) is 0 Å². The van der Waals surface area contributed by atoms with Gasteiger partial charge in [-0.05, 0) is 24.7 Å². The Morgan fingerprint density at radius 1 is 1.35 bits per heavy atom. The number of hydrogen-bond acceptors (Lipinski definition) is 3. The predicted octanol–water partition coefficient (Wildman–Crippen LogP) is 0.167. The molecule has 0 heterocycles. The molecule has 2 amide bonds. The number of aliphatic hydroxyl groups is 1. The monoisotopic (exact) mass is 244 g/mol. The molecular formula is C11H20N2O4. The van der Waals surface area contributed by atoms with Crippen LogP contribution in [0.3, 0.4) is 0 Å². The quantitative estimate of drug-likeness (QED) is 0.554. The number of nitrogens with one attached hydrogen (secondary N) is 2. The van der Waals surface area contributed by atoms with Crippen LogP contribution < -0.4 is 10.6 Å². The number of aliphatic hydroxyl groups excluding tert-OH is 1. The molecule has 1 saturated carbocycles. The fraction of sp³-hybridized carbons (Fsp3) is 0.818. The van der Waals surface area contributed by atoms with Crippen LogP contribution in [0.5, 0.6) is 0 Å². The average Bonchev–Trinajstić information content (AvgIpc) is 2.69. The van der Waals surface area contributed by atoms with Gasteiger partial charge in [0, 0.05) is 6.54 Å². The van der Waals surface area contributed by atoms with E-state index in [1.807, 2.05) is 0 Å². The van der Waals surface area contributed by atoms with Gasteiger partial charge in [0.15, 0.2) is 6.10 Å². The van der Waals surface area contributed by atoms with E-state index in [-0.39, 0.29) is 6.54 Å². The molecule has 6 heteroatoms. The summed E-state index contributed by atoms with van der Waals surface area (Å²) in [5.41, 5.74) is 0. The molecule has 3 unspecified atom stereocenters. The van der Waals surface area contributed by atoms with Gasteiger partial charge in [-0.1, -0.05) is 13.3 Å². The van der Waals surface area contributed by atoms with Crippen LogP contribution in [-0.2, 0) is 4.79 Å². The number of carbonyl (C=O) groups excluding carboxylic acids is 1. The smallest absolute Gasteiger partial charge is 0.334 e. The number of carbonyl (C=O) groups is 2. The fourth-order valence-corrected chi connectivity index (χ4v) is 2.09. The Balaban J connectivity index is 2.11. The molecule has 4 N–H and O–H groups in total. The molecular weight excluding hydrogens is 224 g/mol. The third-order valence-electron chi connectivity index (χ3n) is 3.10. The fourth-order valence-electron chi connectivity index (χ4n) is 2.09. The number of amides is 2. The molecule has 17 heavy (non-hydrogen) atoms. The summed E-state index contributed by atoms with van der Waals surface area (Å²) in [7, 11) is 0. The first-order valence-electron chi connectivity index (χ1n) is 5.91. The summed E-state index contributed by atoms with van der Waals surface area (Å²) in [6.07, 6.45) is 1.90. The first kappa shape index (κ1) is 13.8. The van der Waals surface area contributed by atoms with Crippen LogP contribution in [0.25, 0.3) is 0 Å².